The van der Waals surface area contributed by atoms with Crippen LogP contribution in [0.4, 0.5) is 4.39 Å². The van der Waals surface area contributed by atoms with E-state index in [0.717, 1.165) is 0 Å². The number of esters is 1. The average molecular weight is 370 g/mol. The Labute approximate surface area is 155 Å². The highest BCUT2D eigenvalue weighted by Gasteiger charge is 2.32. The zero-order valence-electron chi connectivity index (χ0n) is 14.7. The molecule has 3 rings (SSSR count). The van der Waals surface area contributed by atoms with Crippen LogP contribution in [0.25, 0.3) is 10.9 Å². The Kier molecular flexibility index (Phi) is 5.23. The molecule has 0 fully saturated rings. The average Bonchev–Trinajstić information content (AvgIpc) is 3.10. The molecule has 1 amide bonds. The van der Waals surface area contributed by atoms with Crippen LogP contribution in [0, 0.1) is 5.82 Å². The second kappa shape index (κ2) is 7.59. The number of ether oxygens (including phenoxy) is 1. The van der Waals surface area contributed by atoms with Gasteiger partial charge in [0.25, 0.3) is 5.91 Å². The van der Waals surface area contributed by atoms with E-state index in [1.165, 1.54) is 31.4 Å². The van der Waals surface area contributed by atoms with Crippen molar-refractivity contribution in [1.82, 2.24) is 10.3 Å². The molecule has 0 aliphatic rings. The van der Waals surface area contributed by atoms with Gasteiger partial charge in [0.15, 0.2) is 5.72 Å². The molecule has 0 saturated carbocycles. The van der Waals surface area contributed by atoms with E-state index in [0.29, 0.717) is 16.5 Å². The molecule has 1 unspecified atom stereocenters. The van der Waals surface area contributed by atoms with Crippen molar-refractivity contribution < 1.29 is 23.8 Å². The molecule has 140 valence electrons. The minimum absolute atomic E-state index is 0.0652. The standard InChI is InChI=1S/C20H19FN2O4/c1-27-18(24)9-10-20(26,14-5-3-2-4-6-14)23-19(25)17-12-13-11-15(21)7-8-16(13)22-17/h2-8,11-12,22,26H,9-10H2,1H3,(H,23,25). The van der Waals surface area contributed by atoms with E-state index in [1.807, 2.05) is 0 Å². The van der Waals surface area contributed by atoms with Crippen LogP contribution < -0.4 is 5.32 Å². The van der Waals surface area contributed by atoms with Crippen LogP contribution in [0.15, 0.2) is 54.6 Å². The minimum Gasteiger partial charge on any atom is -0.469 e. The summed E-state index contributed by atoms with van der Waals surface area (Å²) in [6, 6.07) is 14.1. The molecule has 3 aromatic rings. The van der Waals surface area contributed by atoms with Crippen molar-refractivity contribution in [3.63, 3.8) is 0 Å². The third-order valence-corrected chi connectivity index (χ3v) is 4.32. The summed E-state index contributed by atoms with van der Waals surface area (Å²) in [6.07, 6.45) is -0.148. The first-order valence-electron chi connectivity index (χ1n) is 8.37. The molecule has 3 N–H and O–H groups in total. The van der Waals surface area contributed by atoms with E-state index in [9.17, 15) is 19.1 Å². The van der Waals surface area contributed by atoms with Gasteiger partial charge in [-0.2, -0.15) is 0 Å². The van der Waals surface area contributed by atoms with Gasteiger partial charge in [0.2, 0.25) is 0 Å². The maximum absolute atomic E-state index is 13.4. The van der Waals surface area contributed by atoms with Crippen LogP contribution >= 0.6 is 0 Å². The van der Waals surface area contributed by atoms with E-state index in [2.05, 4.69) is 15.0 Å². The van der Waals surface area contributed by atoms with Gasteiger partial charge in [0.1, 0.15) is 11.5 Å². The van der Waals surface area contributed by atoms with Crippen LogP contribution in [0.2, 0.25) is 0 Å². The molecule has 27 heavy (non-hydrogen) atoms. The van der Waals surface area contributed by atoms with Crippen molar-refractivity contribution in [3.05, 3.63) is 71.7 Å². The molecule has 0 spiro atoms. The lowest BCUT2D eigenvalue weighted by Gasteiger charge is -2.29. The number of halogens is 1. The first-order chi connectivity index (χ1) is 12.9. The SMILES string of the molecule is COC(=O)CCC(O)(NC(=O)c1cc2cc(F)ccc2[nH]1)c1ccccc1. The number of amides is 1. The van der Waals surface area contributed by atoms with Gasteiger partial charge in [-0.3, -0.25) is 9.59 Å². The van der Waals surface area contributed by atoms with Gasteiger partial charge in [-0.1, -0.05) is 30.3 Å². The normalized spacial score (nSPS) is 13.1. The third kappa shape index (κ3) is 4.15. The number of carbonyl (C=O) groups is 2. The predicted molar refractivity (Wildman–Crippen MR) is 97.3 cm³/mol. The van der Waals surface area contributed by atoms with Gasteiger partial charge in [-0.05, 0) is 24.3 Å². The number of aliphatic hydroxyl groups is 1. The summed E-state index contributed by atoms with van der Waals surface area (Å²) in [5, 5.41) is 14.2. The maximum Gasteiger partial charge on any atom is 0.305 e. The highest BCUT2D eigenvalue weighted by molar-refractivity contribution is 5.98. The summed E-state index contributed by atoms with van der Waals surface area (Å²) in [5.41, 5.74) is -0.568. The summed E-state index contributed by atoms with van der Waals surface area (Å²) in [5.74, 6) is -1.49. The molecule has 2 aromatic carbocycles. The van der Waals surface area contributed by atoms with Gasteiger partial charge in [-0.25, -0.2) is 4.39 Å². The Morgan fingerprint density at radius 2 is 1.93 bits per heavy atom. The van der Waals surface area contributed by atoms with Crippen molar-refractivity contribution in [3.8, 4) is 0 Å². The van der Waals surface area contributed by atoms with E-state index < -0.39 is 23.4 Å². The van der Waals surface area contributed by atoms with Crippen molar-refractivity contribution in [1.29, 1.82) is 0 Å². The molecule has 0 aliphatic heterocycles. The van der Waals surface area contributed by atoms with Crippen molar-refractivity contribution in [2.75, 3.05) is 7.11 Å². The van der Waals surface area contributed by atoms with Crippen LogP contribution in [0.3, 0.4) is 0 Å². The number of rotatable bonds is 6. The minimum atomic E-state index is -1.77. The zero-order chi connectivity index (χ0) is 19.4. The van der Waals surface area contributed by atoms with E-state index >= 15 is 0 Å². The highest BCUT2D eigenvalue weighted by Crippen LogP contribution is 2.25. The summed E-state index contributed by atoms with van der Waals surface area (Å²) in [4.78, 5) is 27.1. The number of hydrogen-bond acceptors (Lipinski definition) is 4. The molecule has 1 aromatic heterocycles. The quantitative estimate of drug-likeness (QED) is 0.460. The Morgan fingerprint density at radius 3 is 2.63 bits per heavy atom. The Morgan fingerprint density at radius 1 is 1.19 bits per heavy atom. The number of H-pyrrole nitrogens is 1. The van der Waals surface area contributed by atoms with E-state index in [-0.39, 0.29) is 18.5 Å². The number of carbonyl (C=O) groups excluding carboxylic acids is 2. The van der Waals surface area contributed by atoms with E-state index in [4.69, 9.17) is 0 Å². The van der Waals surface area contributed by atoms with Crippen molar-refractivity contribution in [2.45, 2.75) is 18.6 Å². The Balaban J connectivity index is 1.87. The largest absolute Gasteiger partial charge is 0.469 e. The Hall–Kier alpha value is -3.19. The van der Waals surface area contributed by atoms with Crippen LogP contribution in [-0.2, 0) is 15.3 Å². The smallest absolute Gasteiger partial charge is 0.305 e. The van der Waals surface area contributed by atoms with Crippen molar-refractivity contribution in [2.24, 2.45) is 0 Å². The molecule has 6 nitrogen and oxygen atoms in total. The first kappa shape index (κ1) is 18.6. The molecular formula is C20H19FN2O4. The highest BCUT2D eigenvalue weighted by atomic mass is 19.1. The van der Waals surface area contributed by atoms with Gasteiger partial charge in [0.05, 0.1) is 13.5 Å². The summed E-state index contributed by atoms with van der Waals surface area (Å²) in [6.45, 7) is 0. The van der Waals surface area contributed by atoms with Gasteiger partial charge >= 0.3 is 5.97 Å². The number of benzene rings is 2. The summed E-state index contributed by atoms with van der Waals surface area (Å²) in [7, 11) is 1.26. The number of hydrogen-bond donors (Lipinski definition) is 3. The monoisotopic (exact) mass is 370 g/mol. The lowest BCUT2D eigenvalue weighted by molar-refractivity contribution is -0.142. The maximum atomic E-state index is 13.4. The summed E-state index contributed by atoms with van der Waals surface area (Å²) < 4.78 is 18.0. The van der Waals surface area contributed by atoms with Gasteiger partial charge in [-0.15, -0.1) is 0 Å². The van der Waals surface area contributed by atoms with Crippen molar-refractivity contribution >= 4 is 22.8 Å². The lowest BCUT2D eigenvalue weighted by atomic mass is 9.97. The van der Waals surface area contributed by atoms with Gasteiger partial charge in [0, 0.05) is 22.9 Å². The zero-order valence-corrected chi connectivity index (χ0v) is 14.7. The second-order valence-corrected chi connectivity index (χ2v) is 6.17. The molecule has 0 saturated heterocycles. The van der Waals surface area contributed by atoms with Gasteiger partial charge < -0.3 is 20.1 Å². The second-order valence-electron chi connectivity index (χ2n) is 6.17. The first-order valence-corrected chi connectivity index (χ1v) is 8.37. The number of aromatic nitrogens is 1. The molecular weight excluding hydrogens is 351 g/mol. The molecule has 1 atom stereocenters. The molecule has 7 heteroatoms. The lowest BCUT2D eigenvalue weighted by Crippen LogP contribution is -2.46. The molecule has 0 bridgehead atoms. The number of aromatic amines is 1. The van der Waals surface area contributed by atoms with Crippen LogP contribution in [0.1, 0.15) is 28.9 Å². The Bertz CT molecular complexity index is 971. The number of methoxy groups -OCH3 is 1. The van der Waals surface area contributed by atoms with Crippen LogP contribution in [-0.4, -0.2) is 29.1 Å². The fraction of sp³-hybridized carbons (Fsp3) is 0.200. The number of fused-ring (bicyclic) bond motifs is 1. The molecule has 0 aliphatic carbocycles. The number of nitrogens with one attached hydrogen (secondary N) is 2. The third-order valence-electron chi connectivity index (χ3n) is 4.32. The fourth-order valence-electron chi connectivity index (χ4n) is 2.86. The fourth-order valence-corrected chi connectivity index (χ4v) is 2.86. The predicted octanol–water partition coefficient (Wildman–Crippen LogP) is 2.84. The van der Waals surface area contributed by atoms with E-state index in [1.54, 1.807) is 30.3 Å². The summed E-state index contributed by atoms with van der Waals surface area (Å²) >= 11 is 0. The molecule has 0 radical (unpaired) electrons. The molecule has 1 heterocycles. The topological polar surface area (TPSA) is 91.4 Å². The van der Waals surface area contributed by atoms with Crippen LogP contribution in [0.5, 0.6) is 0 Å².